The van der Waals surface area contributed by atoms with Gasteiger partial charge < -0.3 is 14.2 Å². The lowest BCUT2D eigenvalue weighted by atomic mass is 10.1. The number of rotatable bonds is 44. The topological polar surface area (TPSA) is 78.9 Å². The van der Waals surface area contributed by atoms with Gasteiger partial charge in [-0.05, 0) is 89.9 Å². The van der Waals surface area contributed by atoms with Crippen LogP contribution in [-0.4, -0.2) is 37.2 Å². The molecule has 0 bridgehead atoms. The molecule has 0 aliphatic rings. The maximum atomic E-state index is 12.7. The SMILES string of the molecule is CCCC/C=C\C/C=C\CCCCCCCC(=O)O[C@H](COC(=O)CCCCCCC/C=C\CCCC)COC(=O)CCCCCCC/C=C\CCCCCCCC. The molecule has 0 fully saturated rings. The van der Waals surface area contributed by atoms with Crippen LogP contribution >= 0.6 is 0 Å². The zero-order valence-corrected chi connectivity index (χ0v) is 38.3. The van der Waals surface area contributed by atoms with Gasteiger partial charge in [0.05, 0.1) is 0 Å². The normalized spacial score (nSPS) is 12.4. The summed E-state index contributed by atoms with van der Waals surface area (Å²) in [7, 11) is 0. The van der Waals surface area contributed by atoms with Gasteiger partial charge in [-0.2, -0.15) is 0 Å². The van der Waals surface area contributed by atoms with Gasteiger partial charge >= 0.3 is 17.9 Å². The van der Waals surface area contributed by atoms with Crippen molar-refractivity contribution in [1.29, 1.82) is 0 Å². The van der Waals surface area contributed by atoms with Gasteiger partial charge in [-0.25, -0.2) is 0 Å². The van der Waals surface area contributed by atoms with Crippen LogP contribution in [0.15, 0.2) is 48.6 Å². The average Bonchev–Trinajstić information content (AvgIpc) is 3.22. The van der Waals surface area contributed by atoms with Gasteiger partial charge in [0.25, 0.3) is 0 Å². The lowest BCUT2D eigenvalue weighted by molar-refractivity contribution is -0.167. The predicted molar refractivity (Wildman–Crippen MR) is 247 cm³/mol. The molecule has 1 atom stereocenters. The van der Waals surface area contributed by atoms with Crippen LogP contribution in [0.5, 0.6) is 0 Å². The van der Waals surface area contributed by atoms with Gasteiger partial charge in [-0.15, -0.1) is 0 Å². The second-order valence-corrected chi connectivity index (χ2v) is 16.4. The van der Waals surface area contributed by atoms with E-state index < -0.39 is 6.10 Å². The first-order chi connectivity index (χ1) is 28.5. The van der Waals surface area contributed by atoms with Gasteiger partial charge in [-0.1, -0.05) is 185 Å². The molecule has 58 heavy (non-hydrogen) atoms. The summed E-state index contributed by atoms with van der Waals surface area (Å²) in [4.78, 5) is 37.8. The molecule has 0 spiro atoms. The molecule has 336 valence electrons. The van der Waals surface area contributed by atoms with Crippen molar-refractivity contribution in [3.05, 3.63) is 48.6 Å². The first-order valence-corrected chi connectivity index (χ1v) is 24.6. The molecule has 0 aromatic rings. The summed E-state index contributed by atoms with van der Waals surface area (Å²) in [6.45, 7) is 6.53. The lowest BCUT2D eigenvalue weighted by Crippen LogP contribution is -2.30. The van der Waals surface area contributed by atoms with Crippen LogP contribution in [0.25, 0.3) is 0 Å². The van der Waals surface area contributed by atoms with Gasteiger partial charge in [0, 0.05) is 19.3 Å². The minimum Gasteiger partial charge on any atom is -0.462 e. The molecule has 6 nitrogen and oxygen atoms in total. The Balaban J connectivity index is 4.40. The summed E-state index contributed by atoms with van der Waals surface area (Å²) >= 11 is 0. The average molecular weight is 813 g/mol. The van der Waals surface area contributed by atoms with Crippen LogP contribution in [0.4, 0.5) is 0 Å². The molecule has 0 heterocycles. The van der Waals surface area contributed by atoms with E-state index in [1.807, 2.05) is 0 Å². The van der Waals surface area contributed by atoms with Gasteiger partial charge in [0.15, 0.2) is 6.10 Å². The molecule has 0 saturated heterocycles. The first-order valence-electron chi connectivity index (χ1n) is 24.6. The van der Waals surface area contributed by atoms with Crippen molar-refractivity contribution in [3.8, 4) is 0 Å². The van der Waals surface area contributed by atoms with Crippen LogP contribution in [0.1, 0.15) is 245 Å². The van der Waals surface area contributed by atoms with E-state index in [-0.39, 0.29) is 31.1 Å². The molecule has 0 aliphatic carbocycles. The van der Waals surface area contributed by atoms with Crippen LogP contribution in [0, 0.1) is 0 Å². The smallest absolute Gasteiger partial charge is 0.306 e. The molecule has 0 rings (SSSR count). The van der Waals surface area contributed by atoms with E-state index in [0.29, 0.717) is 19.3 Å². The summed E-state index contributed by atoms with van der Waals surface area (Å²) in [5, 5.41) is 0. The molecule has 0 radical (unpaired) electrons. The van der Waals surface area contributed by atoms with Crippen LogP contribution < -0.4 is 0 Å². The second kappa shape index (κ2) is 47.1. The van der Waals surface area contributed by atoms with E-state index in [1.54, 1.807) is 0 Å². The molecule has 0 unspecified atom stereocenters. The molecule has 0 N–H and O–H groups in total. The molecule has 0 saturated carbocycles. The number of allylic oxidation sites excluding steroid dienone is 8. The molecular weight excluding hydrogens is 721 g/mol. The Morgan fingerprint density at radius 2 is 0.638 bits per heavy atom. The quantitative estimate of drug-likeness (QED) is 0.0264. The molecule has 6 heteroatoms. The number of carbonyl (C=O) groups is 3. The van der Waals surface area contributed by atoms with E-state index in [4.69, 9.17) is 14.2 Å². The monoisotopic (exact) mass is 813 g/mol. The molecular formula is C52H92O6. The highest BCUT2D eigenvalue weighted by molar-refractivity contribution is 5.71. The summed E-state index contributed by atoms with van der Waals surface area (Å²) < 4.78 is 16.7. The fourth-order valence-corrected chi connectivity index (χ4v) is 6.73. The zero-order chi connectivity index (χ0) is 42.3. The van der Waals surface area contributed by atoms with Crippen LogP contribution in [0.2, 0.25) is 0 Å². The highest BCUT2D eigenvalue weighted by atomic mass is 16.6. The Bertz CT molecular complexity index is 1030. The molecule has 0 aromatic heterocycles. The third-order valence-electron chi connectivity index (χ3n) is 10.5. The number of carbonyl (C=O) groups excluding carboxylic acids is 3. The maximum Gasteiger partial charge on any atom is 0.306 e. The van der Waals surface area contributed by atoms with E-state index in [9.17, 15) is 14.4 Å². The van der Waals surface area contributed by atoms with E-state index >= 15 is 0 Å². The Hall–Kier alpha value is -2.63. The number of hydrogen-bond donors (Lipinski definition) is 0. The van der Waals surface area contributed by atoms with E-state index in [1.165, 1.54) is 109 Å². The van der Waals surface area contributed by atoms with Crippen molar-refractivity contribution in [2.75, 3.05) is 13.2 Å². The van der Waals surface area contributed by atoms with Gasteiger partial charge in [0.2, 0.25) is 0 Å². The number of esters is 3. The Morgan fingerprint density at radius 3 is 1.02 bits per heavy atom. The third-order valence-corrected chi connectivity index (χ3v) is 10.5. The van der Waals surface area contributed by atoms with Crippen molar-refractivity contribution in [2.24, 2.45) is 0 Å². The van der Waals surface area contributed by atoms with E-state index in [2.05, 4.69) is 69.4 Å². The number of hydrogen-bond acceptors (Lipinski definition) is 6. The largest absolute Gasteiger partial charge is 0.462 e. The predicted octanol–water partition coefficient (Wildman–Crippen LogP) is 15.9. The fourth-order valence-electron chi connectivity index (χ4n) is 6.73. The summed E-state index contributed by atoms with van der Waals surface area (Å²) in [5.41, 5.74) is 0. The van der Waals surface area contributed by atoms with Crippen LogP contribution in [0.3, 0.4) is 0 Å². The van der Waals surface area contributed by atoms with Crippen molar-refractivity contribution in [2.45, 2.75) is 252 Å². The standard InChI is InChI=1S/C52H92O6/c1-4-7-10-13-16-19-22-24-26-28-30-33-36-39-42-45-51(54)57-48-49(47-56-50(53)44-41-38-35-32-29-21-18-15-12-9-6-3)58-52(55)46-43-40-37-34-31-27-25-23-20-17-14-11-8-5-2/h14-15,17-18,23-26,49H,4-13,16,19-22,27-48H2,1-3H3/b17-14-,18-15-,25-23-,26-24-/t49-/m1/s1. The van der Waals surface area contributed by atoms with Crippen molar-refractivity contribution in [3.63, 3.8) is 0 Å². The molecule has 0 aromatic carbocycles. The first kappa shape index (κ1) is 55.4. The summed E-state index contributed by atoms with van der Waals surface area (Å²) in [6.07, 6.45) is 55.2. The summed E-state index contributed by atoms with van der Waals surface area (Å²) in [5.74, 6) is -0.915. The van der Waals surface area contributed by atoms with Crippen LogP contribution in [-0.2, 0) is 28.6 Å². The van der Waals surface area contributed by atoms with Crippen molar-refractivity contribution < 1.29 is 28.6 Å². The molecule has 0 amide bonds. The number of unbranched alkanes of at least 4 members (excludes halogenated alkanes) is 25. The summed E-state index contributed by atoms with van der Waals surface area (Å²) in [6, 6.07) is 0. The Kier molecular flexibility index (Phi) is 44.9. The Morgan fingerprint density at radius 1 is 0.345 bits per heavy atom. The Labute approximate surface area is 358 Å². The lowest BCUT2D eigenvalue weighted by Gasteiger charge is -2.18. The van der Waals surface area contributed by atoms with Gasteiger partial charge in [0.1, 0.15) is 13.2 Å². The minimum atomic E-state index is -0.784. The minimum absolute atomic E-state index is 0.0854. The fraction of sp³-hybridized carbons (Fsp3) is 0.788. The van der Waals surface area contributed by atoms with E-state index in [0.717, 1.165) is 96.3 Å². The highest BCUT2D eigenvalue weighted by Gasteiger charge is 2.19. The third kappa shape index (κ3) is 44.5. The molecule has 0 aliphatic heterocycles. The van der Waals surface area contributed by atoms with Crippen molar-refractivity contribution >= 4 is 17.9 Å². The maximum absolute atomic E-state index is 12.7. The second-order valence-electron chi connectivity index (χ2n) is 16.4. The van der Waals surface area contributed by atoms with Crippen molar-refractivity contribution in [1.82, 2.24) is 0 Å². The zero-order valence-electron chi connectivity index (χ0n) is 38.3. The van der Waals surface area contributed by atoms with Gasteiger partial charge in [-0.3, -0.25) is 14.4 Å². The number of ether oxygens (including phenoxy) is 3. The highest BCUT2D eigenvalue weighted by Crippen LogP contribution is 2.14.